The fraction of sp³-hybridized carbons (Fsp3) is 0.533. The largest absolute Gasteiger partial charge is 0.383 e. The van der Waals surface area contributed by atoms with Crippen LogP contribution >= 0.6 is 35.6 Å². The van der Waals surface area contributed by atoms with Gasteiger partial charge in [0.1, 0.15) is 6.04 Å². The molecule has 0 aliphatic rings. The molecule has 3 N–H and O–H groups in total. The van der Waals surface area contributed by atoms with Crippen molar-refractivity contribution in [2.75, 3.05) is 13.7 Å². The smallest absolute Gasteiger partial charge is 0.239 e. The Morgan fingerprint density at radius 1 is 1.32 bits per heavy atom. The van der Waals surface area contributed by atoms with Gasteiger partial charge in [0.05, 0.1) is 22.2 Å². The van der Waals surface area contributed by atoms with Crippen LogP contribution in [0.5, 0.6) is 0 Å². The van der Waals surface area contributed by atoms with Gasteiger partial charge in [-0.25, -0.2) is 0 Å². The zero-order valence-electron chi connectivity index (χ0n) is 13.0. The summed E-state index contributed by atoms with van der Waals surface area (Å²) in [7, 11) is 1.51. The zero-order chi connectivity index (χ0) is 16.0. The number of ether oxygens (including phenoxy) is 1. The Balaban J connectivity index is 0.00000441. The van der Waals surface area contributed by atoms with Crippen molar-refractivity contribution in [2.24, 2.45) is 5.73 Å². The molecule has 0 aromatic heterocycles. The number of carbonyl (C=O) groups excluding carboxylic acids is 1. The van der Waals surface area contributed by atoms with Gasteiger partial charge in [0.25, 0.3) is 0 Å². The van der Waals surface area contributed by atoms with E-state index >= 15 is 0 Å². The highest BCUT2D eigenvalue weighted by Crippen LogP contribution is 2.33. The second kappa shape index (κ2) is 9.58. The highest BCUT2D eigenvalue weighted by molar-refractivity contribution is 6.42. The minimum absolute atomic E-state index is 0. The van der Waals surface area contributed by atoms with E-state index in [1.54, 1.807) is 12.1 Å². The van der Waals surface area contributed by atoms with Crippen molar-refractivity contribution in [3.8, 4) is 0 Å². The van der Waals surface area contributed by atoms with E-state index in [0.29, 0.717) is 22.9 Å². The lowest BCUT2D eigenvalue weighted by atomic mass is 9.84. The molecular weight excluding hydrogens is 347 g/mol. The number of nitrogens with two attached hydrogens (primary N) is 1. The monoisotopic (exact) mass is 368 g/mol. The molecule has 0 saturated carbocycles. The first-order valence-electron chi connectivity index (χ1n) is 6.92. The molecule has 0 aliphatic heterocycles. The molecular formula is C15H23Cl3N2O2. The highest BCUT2D eigenvalue weighted by atomic mass is 35.5. The van der Waals surface area contributed by atoms with E-state index in [2.05, 4.69) is 5.32 Å². The third kappa shape index (κ3) is 5.00. The highest BCUT2D eigenvalue weighted by Gasteiger charge is 2.32. The summed E-state index contributed by atoms with van der Waals surface area (Å²) in [6.45, 7) is 4.19. The van der Waals surface area contributed by atoms with Crippen molar-refractivity contribution in [3.05, 3.63) is 33.8 Å². The summed E-state index contributed by atoms with van der Waals surface area (Å²) >= 11 is 12.1. The minimum atomic E-state index is -0.699. The van der Waals surface area contributed by atoms with Crippen molar-refractivity contribution in [3.63, 3.8) is 0 Å². The molecule has 1 aromatic carbocycles. The third-order valence-corrected chi connectivity index (χ3v) is 4.46. The molecule has 0 fully saturated rings. The molecule has 0 saturated heterocycles. The quantitative estimate of drug-likeness (QED) is 0.773. The lowest BCUT2D eigenvalue weighted by molar-refractivity contribution is -0.125. The summed E-state index contributed by atoms with van der Waals surface area (Å²) < 4.78 is 4.92. The summed E-state index contributed by atoms with van der Waals surface area (Å²) in [5.74, 6) is -0.244. The number of hydrogen-bond acceptors (Lipinski definition) is 3. The van der Waals surface area contributed by atoms with Gasteiger partial charge in [0, 0.05) is 7.11 Å². The van der Waals surface area contributed by atoms with Gasteiger partial charge < -0.3 is 15.8 Å². The molecule has 0 spiro atoms. The first-order valence-corrected chi connectivity index (χ1v) is 7.67. The van der Waals surface area contributed by atoms with Gasteiger partial charge in [0.2, 0.25) is 5.91 Å². The fourth-order valence-corrected chi connectivity index (χ4v) is 2.58. The number of methoxy groups -OCH3 is 1. The molecule has 126 valence electrons. The number of hydrogen-bond donors (Lipinski definition) is 2. The predicted molar refractivity (Wildman–Crippen MR) is 94.0 cm³/mol. The number of amides is 1. The summed E-state index contributed by atoms with van der Waals surface area (Å²) in [5.41, 5.74) is 6.19. The molecule has 1 atom stereocenters. The van der Waals surface area contributed by atoms with Crippen LogP contribution < -0.4 is 11.1 Å². The maximum absolute atomic E-state index is 12.2. The first kappa shape index (κ1) is 21.5. The topological polar surface area (TPSA) is 64.4 Å². The van der Waals surface area contributed by atoms with E-state index in [-0.39, 0.29) is 24.9 Å². The lowest BCUT2D eigenvalue weighted by Crippen LogP contribution is -2.52. The average Bonchev–Trinajstić information content (AvgIpc) is 2.48. The van der Waals surface area contributed by atoms with Crippen molar-refractivity contribution >= 4 is 41.5 Å². The maximum Gasteiger partial charge on any atom is 0.239 e. The van der Waals surface area contributed by atoms with Crippen LogP contribution in [0.15, 0.2) is 18.2 Å². The van der Waals surface area contributed by atoms with E-state index in [9.17, 15) is 4.79 Å². The maximum atomic E-state index is 12.2. The summed E-state index contributed by atoms with van der Waals surface area (Å²) in [5, 5.41) is 3.99. The SMILES string of the molecule is CCC(CC)(NC(=O)C(N)COC)c1ccc(Cl)c(Cl)c1.Cl. The van der Waals surface area contributed by atoms with E-state index in [0.717, 1.165) is 5.56 Å². The van der Waals surface area contributed by atoms with Crippen LogP contribution in [0.25, 0.3) is 0 Å². The Labute approximate surface area is 148 Å². The Bertz CT molecular complexity index is 494. The molecule has 0 heterocycles. The van der Waals surface area contributed by atoms with Gasteiger partial charge >= 0.3 is 0 Å². The normalized spacial score (nSPS) is 12.5. The molecule has 7 heteroatoms. The van der Waals surface area contributed by atoms with Crippen LogP contribution in [0.1, 0.15) is 32.3 Å². The Hall–Kier alpha value is -0.520. The van der Waals surface area contributed by atoms with Crippen LogP contribution in [0.3, 0.4) is 0 Å². The summed E-state index contributed by atoms with van der Waals surface area (Å²) in [4.78, 5) is 12.2. The molecule has 22 heavy (non-hydrogen) atoms. The summed E-state index contributed by atoms with van der Waals surface area (Å²) in [6, 6.07) is 4.71. The van der Waals surface area contributed by atoms with Gasteiger partial charge in [0.15, 0.2) is 0 Å². The van der Waals surface area contributed by atoms with Gasteiger partial charge in [-0.15, -0.1) is 12.4 Å². The molecule has 0 radical (unpaired) electrons. The van der Waals surface area contributed by atoms with Crippen molar-refractivity contribution in [1.82, 2.24) is 5.32 Å². The summed E-state index contributed by atoms with van der Waals surface area (Å²) in [6.07, 6.45) is 1.43. The van der Waals surface area contributed by atoms with Gasteiger partial charge in [-0.3, -0.25) is 4.79 Å². The van der Waals surface area contributed by atoms with Crippen molar-refractivity contribution in [1.29, 1.82) is 0 Å². The number of rotatable bonds is 7. The molecule has 1 rings (SSSR count). The molecule has 1 amide bonds. The van der Waals surface area contributed by atoms with E-state index in [1.807, 2.05) is 19.9 Å². The second-order valence-corrected chi connectivity index (χ2v) is 5.78. The van der Waals surface area contributed by atoms with Gasteiger partial charge in [-0.05, 0) is 30.5 Å². The standard InChI is InChI=1S/C15H22Cl2N2O2.ClH/c1-4-15(5-2,19-14(20)13(18)9-21-3)10-6-7-11(16)12(17)8-10;/h6-8,13H,4-5,9,18H2,1-3H3,(H,19,20);1H. The zero-order valence-corrected chi connectivity index (χ0v) is 15.3. The Kier molecular flexibility index (Phi) is 9.35. The van der Waals surface area contributed by atoms with Crippen LogP contribution in [-0.4, -0.2) is 25.7 Å². The number of benzene rings is 1. The van der Waals surface area contributed by atoms with E-state index < -0.39 is 11.6 Å². The first-order chi connectivity index (χ1) is 9.90. The van der Waals surface area contributed by atoms with E-state index in [4.69, 9.17) is 33.7 Å². The molecule has 0 aliphatic carbocycles. The second-order valence-electron chi connectivity index (χ2n) is 4.97. The average molecular weight is 370 g/mol. The lowest BCUT2D eigenvalue weighted by Gasteiger charge is -2.34. The Morgan fingerprint density at radius 2 is 1.91 bits per heavy atom. The predicted octanol–water partition coefficient (Wildman–Crippen LogP) is 3.52. The van der Waals surface area contributed by atoms with E-state index in [1.165, 1.54) is 7.11 Å². The van der Waals surface area contributed by atoms with Crippen molar-refractivity contribution in [2.45, 2.75) is 38.3 Å². The van der Waals surface area contributed by atoms with Crippen LogP contribution in [-0.2, 0) is 15.1 Å². The Morgan fingerprint density at radius 3 is 2.36 bits per heavy atom. The molecule has 4 nitrogen and oxygen atoms in total. The van der Waals surface area contributed by atoms with Crippen molar-refractivity contribution < 1.29 is 9.53 Å². The number of nitrogens with one attached hydrogen (secondary N) is 1. The number of halogens is 3. The van der Waals surface area contributed by atoms with Gasteiger partial charge in [-0.1, -0.05) is 43.1 Å². The molecule has 0 bridgehead atoms. The van der Waals surface area contributed by atoms with Crippen LogP contribution in [0.2, 0.25) is 10.0 Å². The number of carbonyl (C=O) groups is 1. The molecule has 1 unspecified atom stereocenters. The van der Waals surface area contributed by atoms with Crippen LogP contribution in [0, 0.1) is 0 Å². The van der Waals surface area contributed by atoms with Crippen LogP contribution in [0.4, 0.5) is 0 Å². The third-order valence-electron chi connectivity index (χ3n) is 3.72. The van der Waals surface area contributed by atoms with Gasteiger partial charge in [-0.2, -0.15) is 0 Å². The fourth-order valence-electron chi connectivity index (χ4n) is 2.28. The minimum Gasteiger partial charge on any atom is -0.383 e. The molecule has 1 aromatic rings.